The Hall–Kier alpha value is -2.35. The van der Waals surface area contributed by atoms with E-state index >= 15 is 0 Å². The molecule has 3 aromatic rings. The number of hydrogen-bond donors (Lipinski definition) is 1. The van der Waals surface area contributed by atoms with Gasteiger partial charge in [0.2, 0.25) is 0 Å². The van der Waals surface area contributed by atoms with E-state index in [9.17, 15) is 0 Å². The van der Waals surface area contributed by atoms with Gasteiger partial charge in [0.1, 0.15) is 0 Å². The Kier molecular flexibility index (Phi) is 3.61. The molecule has 0 aliphatic rings. The van der Waals surface area contributed by atoms with E-state index in [1.807, 2.05) is 44.2 Å². The highest BCUT2D eigenvalue weighted by molar-refractivity contribution is 9.10. The van der Waals surface area contributed by atoms with E-state index in [4.69, 9.17) is 0 Å². The minimum atomic E-state index is 0.336. The van der Waals surface area contributed by atoms with Crippen LogP contribution in [-0.2, 0) is 0 Å². The second-order valence-corrected chi connectivity index (χ2v) is 5.41. The summed E-state index contributed by atoms with van der Waals surface area (Å²) in [5.41, 5.74) is 2.69. The number of rotatable bonds is 3. The molecule has 1 aromatic carbocycles. The lowest BCUT2D eigenvalue weighted by Gasteiger charge is -2.04. The van der Waals surface area contributed by atoms with Crippen LogP contribution in [0.5, 0.6) is 0 Å². The number of halogens is 1. The predicted molar refractivity (Wildman–Crippen MR) is 81.6 cm³/mol. The average Bonchev–Trinajstić information content (AvgIpc) is 2.81. The zero-order valence-corrected chi connectivity index (χ0v) is 13.0. The molecule has 0 spiro atoms. The standard InChI is InChI=1S/C13H12BrN7/c1-8-7-9(2)21(20-8)13-18-16-12(17-19-13)15-11-5-3-10(14)4-6-11/h3-7H,1-2H3,(H,15,16,17). The molecule has 8 heteroatoms. The molecule has 106 valence electrons. The minimum absolute atomic E-state index is 0.336. The normalized spacial score (nSPS) is 10.6. The molecule has 0 atom stereocenters. The highest BCUT2D eigenvalue weighted by atomic mass is 79.9. The SMILES string of the molecule is Cc1cc(C)n(-c2nnc(Nc3ccc(Br)cc3)nn2)n1. The van der Waals surface area contributed by atoms with Crippen molar-refractivity contribution in [3.05, 3.63) is 46.2 Å². The first-order valence-electron chi connectivity index (χ1n) is 6.25. The largest absolute Gasteiger partial charge is 0.322 e. The van der Waals surface area contributed by atoms with Crippen LogP contribution in [0.2, 0.25) is 0 Å². The molecular formula is C13H12BrN7. The summed E-state index contributed by atoms with van der Waals surface area (Å²) in [5, 5.41) is 23.4. The monoisotopic (exact) mass is 345 g/mol. The van der Waals surface area contributed by atoms with E-state index in [0.29, 0.717) is 11.9 Å². The molecule has 2 heterocycles. The van der Waals surface area contributed by atoms with Crippen LogP contribution in [-0.4, -0.2) is 30.2 Å². The van der Waals surface area contributed by atoms with Gasteiger partial charge in [0, 0.05) is 15.9 Å². The van der Waals surface area contributed by atoms with Crippen LogP contribution in [0.15, 0.2) is 34.8 Å². The Labute approximate surface area is 129 Å². The molecule has 0 fully saturated rings. The molecule has 0 saturated heterocycles. The highest BCUT2D eigenvalue weighted by Crippen LogP contribution is 2.16. The molecule has 21 heavy (non-hydrogen) atoms. The van der Waals surface area contributed by atoms with Gasteiger partial charge in [-0.2, -0.15) is 5.10 Å². The van der Waals surface area contributed by atoms with Crippen LogP contribution < -0.4 is 5.32 Å². The van der Waals surface area contributed by atoms with E-state index in [0.717, 1.165) is 21.5 Å². The number of anilines is 2. The first-order chi connectivity index (χ1) is 10.1. The van der Waals surface area contributed by atoms with Crippen LogP contribution in [0.1, 0.15) is 11.4 Å². The molecule has 0 aliphatic heterocycles. The van der Waals surface area contributed by atoms with Crippen molar-refractivity contribution in [1.29, 1.82) is 0 Å². The summed E-state index contributed by atoms with van der Waals surface area (Å²) >= 11 is 3.38. The van der Waals surface area contributed by atoms with Crippen molar-refractivity contribution in [3.63, 3.8) is 0 Å². The van der Waals surface area contributed by atoms with Gasteiger partial charge in [-0.1, -0.05) is 15.9 Å². The van der Waals surface area contributed by atoms with Crippen LogP contribution in [0.3, 0.4) is 0 Å². The fourth-order valence-corrected chi connectivity index (χ4v) is 2.12. The van der Waals surface area contributed by atoms with Gasteiger partial charge < -0.3 is 5.32 Å². The lowest BCUT2D eigenvalue weighted by atomic mass is 10.3. The van der Waals surface area contributed by atoms with E-state index < -0.39 is 0 Å². The second-order valence-electron chi connectivity index (χ2n) is 4.49. The van der Waals surface area contributed by atoms with Crippen molar-refractivity contribution in [2.75, 3.05) is 5.32 Å². The van der Waals surface area contributed by atoms with Gasteiger partial charge in [-0.05, 0) is 44.2 Å². The third-order valence-electron chi connectivity index (χ3n) is 2.77. The third kappa shape index (κ3) is 3.05. The maximum atomic E-state index is 4.29. The molecule has 2 aromatic heterocycles. The Balaban J connectivity index is 1.81. The van der Waals surface area contributed by atoms with E-state index in [1.165, 1.54) is 0 Å². The summed E-state index contributed by atoms with van der Waals surface area (Å²) in [4.78, 5) is 0. The van der Waals surface area contributed by atoms with E-state index in [2.05, 4.69) is 46.7 Å². The van der Waals surface area contributed by atoms with Gasteiger partial charge in [0.15, 0.2) is 0 Å². The van der Waals surface area contributed by atoms with Gasteiger partial charge in [-0.25, -0.2) is 4.68 Å². The van der Waals surface area contributed by atoms with Gasteiger partial charge in [0.25, 0.3) is 11.9 Å². The highest BCUT2D eigenvalue weighted by Gasteiger charge is 2.08. The lowest BCUT2D eigenvalue weighted by Crippen LogP contribution is -2.10. The summed E-state index contributed by atoms with van der Waals surface area (Å²) < 4.78 is 2.61. The number of hydrogen-bond acceptors (Lipinski definition) is 6. The van der Waals surface area contributed by atoms with Crippen LogP contribution in [0.4, 0.5) is 11.6 Å². The average molecular weight is 346 g/mol. The Bertz CT molecular complexity index is 749. The maximum absolute atomic E-state index is 4.29. The van der Waals surface area contributed by atoms with Crippen LogP contribution >= 0.6 is 15.9 Å². The van der Waals surface area contributed by atoms with Crippen molar-refractivity contribution in [1.82, 2.24) is 30.2 Å². The maximum Gasteiger partial charge on any atom is 0.289 e. The number of aryl methyl sites for hydroxylation is 2. The van der Waals surface area contributed by atoms with Crippen molar-refractivity contribution < 1.29 is 0 Å². The molecule has 0 saturated carbocycles. The molecule has 0 amide bonds. The van der Waals surface area contributed by atoms with Crippen molar-refractivity contribution in [2.24, 2.45) is 0 Å². The number of benzene rings is 1. The van der Waals surface area contributed by atoms with Crippen molar-refractivity contribution >= 4 is 27.6 Å². The Morgan fingerprint density at radius 1 is 1.00 bits per heavy atom. The summed E-state index contributed by atoms with van der Waals surface area (Å²) in [6.45, 7) is 3.84. The lowest BCUT2D eigenvalue weighted by molar-refractivity contribution is 0.713. The van der Waals surface area contributed by atoms with Crippen LogP contribution in [0, 0.1) is 13.8 Å². The molecule has 0 aliphatic carbocycles. The molecule has 3 rings (SSSR count). The summed E-state index contributed by atoms with van der Waals surface area (Å²) in [6, 6.07) is 9.60. The van der Waals surface area contributed by atoms with Crippen LogP contribution in [0.25, 0.3) is 5.95 Å². The summed E-state index contributed by atoms with van der Waals surface area (Å²) in [7, 11) is 0. The molecule has 0 radical (unpaired) electrons. The molecule has 7 nitrogen and oxygen atoms in total. The number of nitrogens with one attached hydrogen (secondary N) is 1. The zero-order valence-electron chi connectivity index (χ0n) is 11.4. The van der Waals surface area contributed by atoms with Gasteiger partial charge >= 0.3 is 0 Å². The summed E-state index contributed by atoms with van der Waals surface area (Å²) in [6.07, 6.45) is 0. The topological polar surface area (TPSA) is 81.4 Å². The van der Waals surface area contributed by atoms with E-state index in [-0.39, 0.29) is 0 Å². The molecule has 1 N–H and O–H groups in total. The van der Waals surface area contributed by atoms with Gasteiger partial charge in [-0.3, -0.25) is 0 Å². The zero-order chi connectivity index (χ0) is 14.8. The van der Waals surface area contributed by atoms with Crippen molar-refractivity contribution in [2.45, 2.75) is 13.8 Å². The minimum Gasteiger partial charge on any atom is -0.322 e. The fraction of sp³-hybridized carbons (Fsp3) is 0.154. The van der Waals surface area contributed by atoms with Gasteiger partial charge in [0.05, 0.1) is 5.69 Å². The van der Waals surface area contributed by atoms with E-state index in [1.54, 1.807) is 4.68 Å². The first-order valence-corrected chi connectivity index (χ1v) is 7.05. The first kappa shape index (κ1) is 13.6. The number of nitrogens with zero attached hydrogens (tertiary/aromatic N) is 6. The van der Waals surface area contributed by atoms with Crippen molar-refractivity contribution in [3.8, 4) is 5.95 Å². The quantitative estimate of drug-likeness (QED) is 0.785. The predicted octanol–water partition coefficient (Wildman–Crippen LogP) is 2.58. The Morgan fingerprint density at radius 3 is 2.24 bits per heavy atom. The molecule has 0 unspecified atom stereocenters. The molecule has 0 bridgehead atoms. The third-order valence-corrected chi connectivity index (χ3v) is 3.30. The second kappa shape index (κ2) is 5.57. The Morgan fingerprint density at radius 2 is 1.67 bits per heavy atom. The smallest absolute Gasteiger partial charge is 0.289 e. The van der Waals surface area contributed by atoms with Gasteiger partial charge in [-0.15, -0.1) is 20.4 Å². The summed E-state index contributed by atoms with van der Waals surface area (Å²) in [5.74, 6) is 0.685. The number of aromatic nitrogens is 6. The fourth-order valence-electron chi connectivity index (χ4n) is 1.85. The molecular weight excluding hydrogens is 334 g/mol.